The van der Waals surface area contributed by atoms with Gasteiger partial charge in [-0.25, -0.2) is 0 Å². The molecule has 5 heteroatoms. The molecule has 33 heavy (non-hydrogen) atoms. The van der Waals surface area contributed by atoms with Crippen LogP contribution in [0.4, 0.5) is 0 Å². The van der Waals surface area contributed by atoms with Gasteiger partial charge in [0.25, 0.3) is 6.29 Å². The van der Waals surface area contributed by atoms with Crippen molar-refractivity contribution >= 4 is 11.9 Å². The summed E-state index contributed by atoms with van der Waals surface area (Å²) in [5, 5.41) is 0. The fourth-order valence-corrected chi connectivity index (χ4v) is 9.60. The number of esters is 2. The van der Waals surface area contributed by atoms with Gasteiger partial charge in [0.05, 0.1) is 0 Å². The second-order valence-corrected chi connectivity index (χ2v) is 12.4. The maximum Gasteiger partial charge on any atom is 0.305 e. The average Bonchev–Trinajstić information content (AvgIpc) is 3.23. The minimum atomic E-state index is -0.709. The molecule has 0 bridgehead atoms. The molecule has 186 valence electrons. The highest BCUT2D eigenvalue weighted by Gasteiger charge is 2.63. The van der Waals surface area contributed by atoms with E-state index in [9.17, 15) is 9.59 Å². The number of hydrogen-bond acceptors (Lipinski definition) is 5. The number of carbonyl (C=O) groups is 2. The molecule has 1 saturated heterocycles. The highest BCUT2D eigenvalue weighted by Crippen LogP contribution is 2.67. The van der Waals surface area contributed by atoms with E-state index in [1.165, 1.54) is 91.1 Å². The first kappa shape index (κ1) is 23.6. The Balaban J connectivity index is 1.39. The molecule has 1 aliphatic heterocycles. The van der Waals surface area contributed by atoms with Crippen LogP contribution < -0.4 is 0 Å². The first-order valence-electron chi connectivity index (χ1n) is 13.9. The summed E-state index contributed by atoms with van der Waals surface area (Å²) in [5.41, 5.74) is 0.249. The number of hydrogen-bond donors (Lipinski definition) is 0. The molecule has 2 unspecified atom stereocenters. The van der Waals surface area contributed by atoms with Crippen LogP contribution in [0, 0.1) is 34.5 Å². The molecule has 0 amide bonds. The van der Waals surface area contributed by atoms with Crippen LogP contribution in [0.5, 0.6) is 0 Å². The third-order valence-corrected chi connectivity index (χ3v) is 10.9. The number of nitrogens with zero attached hydrogens (tertiary/aromatic N) is 1. The maximum atomic E-state index is 12.0. The van der Waals surface area contributed by atoms with Crippen LogP contribution in [0.2, 0.25) is 0 Å². The first-order chi connectivity index (χ1) is 15.8. The highest BCUT2D eigenvalue weighted by atomic mass is 16.7. The van der Waals surface area contributed by atoms with Crippen molar-refractivity contribution in [2.75, 3.05) is 13.1 Å². The van der Waals surface area contributed by atoms with Gasteiger partial charge in [-0.2, -0.15) is 0 Å². The normalized spacial score (nSPS) is 43.3. The van der Waals surface area contributed by atoms with Crippen LogP contribution in [0.25, 0.3) is 0 Å². The fraction of sp³-hybridized carbons (Fsp3) is 0.929. The summed E-state index contributed by atoms with van der Waals surface area (Å²) in [6.07, 6.45) is 15.9. The lowest BCUT2D eigenvalue weighted by Crippen LogP contribution is -2.58. The molecule has 0 radical (unpaired) electrons. The zero-order valence-electron chi connectivity index (χ0n) is 21.2. The smallest absolute Gasteiger partial charge is 0.305 e. The molecule has 4 saturated carbocycles. The number of fused-ring (bicyclic) bond motifs is 5. The van der Waals surface area contributed by atoms with Gasteiger partial charge < -0.3 is 14.4 Å². The average molecular weight is 460 g/mol. The molecule has 5 aliphatic rings. The zero-order valence-corrected chi connectivity index (χ0v) is 21.2. The van der Waals surface area contributed by atoms with Gasteiger partial charge >= 0.3 is 11.9 Å². The number of piperidine rings is 1. The summed E-state index contributed by atoms with van der Waals surface area (Å²) in [4.78, 5) is 26.7. The number of likely N-dealkylation sites (tertiary alicyclic amines) is 1. The Labute approximate surface area is 200 Å². The van der Waals surface area contributed by atoms with Crippen molar-refractivity contribution in [2.45, 2.75) is 117 Å². The van der Waals surface area contributed by atoms with Gasteiger partial charge in [0.15, 0.2) is 0 Å². The topological polar surface area (TPSA) is 55.8 Å². The Morgan fingerprint density at radius 1 is 0.818 bits per heavy atom. The highest BCUT2D eigenvalue weighted by molar-refractivity contribution is 5.68. The largest absolute Gasteiger partial charge is 0.425 e. The third kappa shape index (κ3) is 4.15. The molecule has 1 heterocycles. The van der Waals surface area contributed by atoms with Crippen LogP contribution in [0.15, 0.2) is 0 Å². The lowest BCUT2D eigenvalue weighted by Gasteiger charge is -2.62. The van der Waals surface area contributed by atoms with E-state index < -0.39 is 6.29 Å². The quantitative estimate of drug-likeness (QED) is 0.398. The lowest BCUT2D eigenvalue weighted by atomic mass is 9.44. The minimum Gasteiger partial charge on any atom is -0.425 e. The van der Waals surface area contributed by atoms with Gasteiger partial charge in [0.1, 0.15) is 0 Å². The first-order valence-corrected chi connectivity index (χ1v) is 13.9. The van der Waals surface area contributed by atoms with E-state index in [0.29, 0.717) is 17.3 Å². The Morgan fingerprint density at radius 2 is 1.52 bits per heavy atom. The van der Waals surface area contributed by atoms with E-state index in [0.717, 1.165) is 37.1 Å². The monoisotopic (exact) mass is 459 g/mol. The van der Waals surface area contributed by atoms with E-state index >= 15 is 0 Å². The van der Waals surface area contributed by atoms with Crippen molar-refractivity contribution in [3.63, 3.8) is 0 Å². The van der Waals surface area contributed by atoms with Crippen LogP contribution >= 0.6 is 0 Å². The molecule has 5 nitrogen and oxygen atoms in total. The van der Waals surface area contributed by atoms with Crippen LogP contribution in [0.1, 0.15) is 104 Å². The number of carbonyl (C=O) groups excluding carboxylic acids is 2. The SMILES string of the molecule is CC(=O)OC(OC(C)=O)[C@@]12CCC[C@H]1[C@@H]1CCC3CCC(N4CCCCC4)C[C@]3(C)[C@H]1CC2. The fourth-order valence-electron chi connectivity index (χ4n) is 9.60. The summed E-state index contributed by atoms with van der Waals surface area (Å²) in [5.74, 6) is 2.14. The molecule has 0 spiro atoms. The molecule has 0 aromatic heterocycles. The predicted molar refractivity (Wildman–Crippen MR) is 127 cm³/mol. The maximum absolute atomic E-state index is 12.0. The molecule has 7 atom stereocenters. The Morgan fingerprint density at radius 3 is 2.21 bits per heavy atom. The Kier molecular flexibility index (Phi) is 6.56. The molecular formula is C28H45NO4. The molecule has 0 aromatic carbocycles. The summed E-state index contributed by atoms with van der Waals surface area (Å²) in [6.45, 7) is 8.13. The lowest BCUT2D eigenvalue weighted by molar-refractivity contribution is -0.235. The van der Waals surface area contributed by atoms with Crippen LogP contribution in [0.3, 0.4) is 0 Å². The summed E-state index contributed by atoms with van der Waals surface area (Å²) < 4.78 is 11.4. The van der Waals surface area contributed by atoms with Gasteiger partial charge in [-0.15, -0.1) is 0 Å². The molecule has 5 fully saturated rings. The van der Waals surface area contributed by atoms with Crippen molar-refractivity contribution in [1.29, 1.82) is 0 Å². The molecule has 5 rings (SSSR count). The molecular weight excluding hydrogens is 414 g/mol. The Bertz CT molecular complexity index is 732. The second-order valence-electron chi connectivity index (χ2n) is 12.4. The van der Waals surface area contributed by atoms with Crippen molar-refractivity contribution in [3.05, 3.63) is 0 Å². The van der Waals surface area contributed by atoms with Crippen molar-refractivity contribution in [1.82, 2.24) is 4.90 Å². The van der Waals surface area contributed by atoms with Crippen molar-refractivity contribution < 1.29 is 19.1 Å². The van der Waals surface area contributed by atoms with E-state index in [1.807, 2.05) is 0 Å². The summed E-state index contributed by atoms with van der Waals surface area (Å²) >= 11 is 0. The van der Waals surface area contributed by atoms with Gasteiger partial charge in [0, 0.05) is 25.3 Å². The second kappa shape index (κ2) is 9.17. The number of rotatable bonds is 4. The predicted octanol–water partition coefficient (Wildman–Crippen LogP) is 5.71. The molecule has 0 N–H and O–H groups in total. The zero-order chi connectivity index (χ0) is 23.2. The Hall–Kier alpha value is -1.10. The summed E-state index contributed by atoms with van der Waals surface area (Å²) in [6, 6.07) is 0.774. The van der Waals surface area contributed by atoms with E-state index in [1.54, 1.807) is 0 Å². The van der Waals surface area contributed by atoms with E-state index in [2.05, 4.69) is 11.8 Å². The molecule has 4 aliphatic carbocycles. The van der Waals surface area contributed by atoms with E-state index in [4.69, 9.17) is 9.47 Å². The number of ether oxygens (including phenoxy) is 2. The van der Waals surface area contributed by atoms with Gasteiger partial charge in [-0.05, 0) is 113 Å². The van der Waals surface area contributed by atoms with Crippen molar-refractivity contribution in [3.8, 4) is 0 Å². The van der Waals surface area contributed by atoms with E-state index in [-0.39, 0.29) is 17.4 Å². The van der Waals surface area contributed by atoms with Gasteiger partial charge in [0.2, 0.25) is 0 Å². The minimum absolute atomic E-state index is 0.178. The molecule has 0 aromatic rings. The van der Waals surface area contributed by atoms with Crippen molar-refractivity contribution in [2.24, 2.45) is 34.5 Å². The third-order valence-electron chi connectivity index (χ3n) is 10.9. The standard InChI is InChI=1S/C28H45NO4/c1-19(30)32-26(33-20(2)31)28-14-7-8-25(28)23-12-10-21-9-11-22(29-16-5-4-6-17-29)18-27(21,3)24(23)13-15-28/h21-26H,4-18H2,1-3H3/t21?,22?,23-,24+,25+,27+,28-/m1/s1. The summed E-state index contributed by atoms with van der Waals surface area (Å²) in [7, 11) is 0. The van der Waals surface area contributed by atoms with Gasteiger partial charge in [-0.1, -0.05) is 19.8 Å². The van der Waals surface area contributed by atoms with Crippen LogP contribution in [-0.4, -0.2) is 42.3 Å². The van der Waals surface area contributed by atoms with Gasteiger partial charge in [-0.3, -0.25) is 9.59 Å². The van der Waals surface area contributed by atoms with Crippen LogP contribution in [-0.2, 0) is 19.1 Å².